The van der Waals surface area contributed by atoms with Gasteiger partial charge in [-0.25, -0.2) is 4.79 Å². The maximum atomic E-state index is 10.7. The predicted octanol–water partition coefficient (Wildman–Crippen LogP) is 1.05. The largest absolute Gasteiger partial charge is 0.478 e. The molecule has 0 aliphatic rings. The zero-order chi connectivity index (χ0) is 9.72. The molecule has 0 amide bonds. The number of carbonyl (C=O) groups excluding carboxylic acids is 1. The first-order chi connectivity index (χ1) is 5.49. The van der Waals surface area contributed by atoms with Gasteiger partial charge in [0.2, 0.25) is 6.10 Å². The summed E-state index contributed by atoms with van der Waals surface area (Å²) in [5.41, 5.74) is 0. The first kappa shape index (κ1) is 10.9. The van der Waals surface area contributed by atoms with Crippen LogP contribution in [0.3, 0.4) is 0 Å². The van der Waals surface area contributed by atoms with Crippen molar-refractivity contribution in [2.45, 2.75) is 33.3 Å². The van der Waals surface area contributed by atoms with Gasteiger partial charge in [0.15, 0.2) is 0 Å². The van der Waals surface area contributed by atoms with E-state index < -0.39 is 18.0 Å². The third-order valence-electron chi connectivity index (χ3n) is 1.40. The van der Waals surface area contributed by atoms with Gasteiger partial charge in [-0.05, 0) is 0 Å². The van der Waals surface area contributed by atoms with Crippen molar-refractivity contribution in [3.05, 3.63) is 0 Å². The molecule has 0 heterocycles. The van der Waals surface area contributed by atoms with Crippen LogP contribution in [0.15, 0.2) is 0 Å². The quantitative estimate of drug-likeness (QED) is 0.647. The second-order valence-corrected chi connectivity index (χ2v) is 2.85. The van der Waals surface area contributed by atoms with Crippen molar-refractivity contribution in [3.8, 4) is 0 Å². The molecule has 0 aromatic rings. The average Bonchev–Trinajstić information content (AvgIpc) is 1.98. The van der Waals surface area contributed by atoms with Gasteiger partial charge in [0, 0.05) is 12.3 Å². The van der Waals surface area contributed by atoms with E-state index in [1.807, 2.05) is 0 Å². The van der Waals surface area contributed by atoms with E-state index in [1.54, 1.807) is 20.8 Å². The normalized spacial score (nSPS) is 12.7. The molecular formula is C8H14O4. The Balaban J connectivity index is 4.14. The second kappa shape index (κ2) is 4.74. The minimum atomic E-state index is -1.09. The highest BCUT2D eigenvalue weighted by atomic mass is 16.6. The van der Waals surface area contributed by atoms with Crippen molar-refractivity contribution < 1.29 is 19.4 Å². The summed E-state index contributed by atoms with van der Waals surface area (Å²) in [7, 11) is 0. The van der Waals surface area contributed by atoms with Gasteiger partial charge in [0.05, 0.1) is 0 Å². The van der Waals surface area contributed by atoms with Crippen LogP contribution in [0.25, 0.3) is 0 Å². The van der Waals surface area contributed by atoms with Gasteiger partial charge in [0.1, 0.15) is 0 Å². The summed E-state index contributed by atoms with van der Waals surface area (Å²) < 4.78 is 4.68. The molecule has 0 aliphatic carbocycles. The molecule has 0 aromatic heterocycles. The lowest BCUT2D eigenvalue weighted by Crippen LogP contribution is -2.31. The van der Waals surface area contributed by atoms with E-state index in [1.165, 1.54) is 0 Å². The highest BCUT2D eigenvalue weighted by Crippen LogP contribution is 2.07. The SMILES string of the molecule is CCC(=O)OC(C(=O)O)C(C)C. The zero-order valence-electron chi connectivity index (χ0n) is 7.53. The van der Waals surface area contributed by atoms with Crippen LogP contribution >= 0.6 is 0 Å². The summed E-state index contributed by atoms with van der Waals surface area (Å²) in [4.78, 5) is 21.3. The molecule has 1 atom stereocenters. The van der Waals surface area contributed by atoms with Crippen LogP contribution in [0.5, 0.6) is 0 Å². The Kier molecular flexibility index (Phi) is 4.33. The fourth-order valence-corrected chi connectivity index (χ4v) is 0.697. The van der Waals surface area contributed by atoms with E-state index in [4.69, 9.17) is 5.11 Å². The average molecular weight is 174 g/mol. The molecule has 0 spiro atoms. The smallest absolute Gasteiger partial charge is 0.345 e. The van der Waals surface area contributed by atoms with Crippen LogP contribution in [-0.4, -0.2) is 23.1 Å². The topological polar surface area (TPSA) is 63.6 Å². The Morgan fingerprint density at radius 1 is 1.42 bits per heavy atom. The number of carboxylic acids is 1. The Bertz CT molecular complexity index is 174. The highest BCUT2D eigenvalue weighted by Gasteiger charge is 2.24. The summed E-state index contributed by atoms with van der Waals surface area (Å²) >= 11 is 0. The third-order valence-corrected chi connectivity index (χ3v) is 1.40. The number of aliphatic carboxylic acids is 1. The van der Waals surface area contributed by atoms with Crippen LogP contribution in [-0.2, 0) is 14.3 Å². The Hall–Kier alpha value is -1.06. The Morgan fingerprint density at radius 3 is 2.17 bits per heavy atom. The monoisotopic (exact) mass is 174 g/mol. The number of carbonyl (C=O) groups is 2. The lowest BCUT2D eigenvalue weighted by molar-refractivity contribution is -0.166. The number of carboxylic acid groups (broad SMARTS) is 1. The molecule has 0 aliphatic heterocycles. The summed E-state index contributed by atoms with van der Waals surface area (Å²) in [5, 5.41) is 8.61. The van der Waals surface area contributed by atoms with E-state index in [0.717, 1.165) is 0 Å². The van der Waals surface area contributed by atoms with Gasteiger partial charge in [-0.1, -0.05) is 20.8 Å². The molecule has 0 fully saturated rings. The number of ether oxygens (including phenoxy) is 1. The van der Waals surface area contributed by atoms with Gasteiger partial charge in [-0.15, -0.1) is 0 Å². The van der Waals surface area contributed by atoms with Gasteiger partial charge in [-0.2, -0.15) is 0 Å². The number of hydrogen-bond acceptors (Lipinski definition) is 3. The fraction of sp³-hybridized carbons (Fsp3) is 0.750. The zero-order valence-corrected chi connectivity index (χ0v) is 7.53. The standard InChI is InChI=1S/C8H14O4/c1-4-6(9)12-7(5(2)3)8(10)11/h5,7H,4H2,1-3H3,(H,10,11). The molecule has 4 heteroatoms. The van der Waals surface area contributed by atoms with Crippen LogP contribution < -0.4 is 0 Å². The number of hydrogen-bond donors (Lipinski definition) is 1. The minimum Gasteiger partial charge on any atom is -0.478 e. The molecule has 0 saturated heterocycles. The maximum Gasteiger partial charge on any atom is 0.345 e. The second-order valence-electron chi connectivity index (χ2n) is 2.85. The third kappa shape index (κ3) is 3.37. The van der Waals surface area contributed by atoms with Crippen LogP contribution in [0.1, 0.15) is 27.2 Å². The fourth-order valence-electron chi connectivity index (χ4n) is 0.697. The van der Waals surface area contributed by atoms with Crippen LogP contribution in [0.2, 0.25) is 0 Å². The van der Waals surface area contributed by atoms with E-state index in [9.17, 15) is 9.59 Å². The Morgan fingerprint density at radius 2 is 1.92 bits per heavy atom. The maximum absolute atomic E-state index is 10.7. The van der Waals surface area contributed by atoms with E-state index in [2.05, 4.69) is 4.74 Å². The first-order valence-corrected chi connectivity index (χ1v) is 3.91. The molecule has 0 radical (unpaired) electrons. The molecule has 0 saturated carbocycles. The molecule has 0 aromatic carbocycles. The molecule has 4 nitrogen and oxygen atoms in total. The lowest BCUT2D eigenvalue weighted by atomic mass is 10.1. The molecule has 1 unspecified atom stereocenters. The van der Waals surface area contributed by atoms with E-state index in [-0.39, 0.29) is 12.3 Å². The summed E-state index contributed by atoms with van der Waals surface area (Å²) in [6.45, 7) is 5.02. The predicted molar refractivity (Wildman–Crippen MR) is 42.6 cm³/mol. The molecule has 1 N–H and O–H groups in total. The van der Waals surface area contributed by atoms with Crippen molar-refractivity contribution in [2.24, 2.45) is 5.92 Å². The number of esters is 1. The highest BCUT2D eigenvalue weighted by molar-refractivity contribution is 5.78. The van der Waals surface area contributed by atoms with E-state index in [0.29, 0.717) is 0 Å². The van der Waals surface area contributed by atoms with Gasteiger partial charge >= 0.3 is 11.9 Å². The van der Waals surface area contributed by atoms with Crippen molar-refractivity contribution in [2.75, 3.05) is 0 Å². The Labute approximate surface area is 71.5 Å². The molecule has 12 heavy (non-hydrogen) atoms. The molecule has 70 valence electrons. The lowest BCUT2D eigenvalue weighted by Gasteiger charge is -2.16. The van der Waals surface area contributed by atoms with Crippen molar-refractivity contribution in [3.63, 3.8) is 0 Å². The van der Waals surface area contributed by atoms with Crippen LogP contribution in [0, 0.1) is 5.92 Å². The minimum absolute atomic E-state index is 0.196. The van der Waals surface area contributed by atoms with Gasteiger partial charge < -0.3 is 9.84 Å². The summed E-state index contributed by atoms with van der Waals surface area (Å²) in [5.74, 6) is -1.76. The van der Waals surface area contributed by atoms with Crippen LogP contribution in [0.4, 0.5) is 0 Å². The summed E-state index contributed by atoms with van der Waals surface area (Å²) in [6, 6.07) is 0. The molecular weight excluding hydrogens is 160 g/mol. The first-order valence-electron chi connectivity index (χ1n) is 3.91. The van der Waals surface area contributed by atoms with Crippen molar-refractivity contribution in [1.82, 2.24) is 0 Å². The van der Waals surface area contributed by atoms with Gasteiger partial charge in [-0.3, -0.25) is 4.79 Å². The van der Waals surface area contributed by atoms with Gasteiger partial charge in [0.25, 0.3) is 0 Å². The van der Waals surface area contributed by atoms with Crippen molar-refractivity contribution >= 4 is 11.9 Å². The van der Waals surface area contributed by atoms with E-state index >= 15 is 0 Å². The molecule has 0 bridgehead atoms. The summed E-state index contributed by atoms with van der Waals surface area (Å²) in [6.07, 6.45) is -0.811. The number of rotatable bonds is 4. The molecule has 0 rings (SSSR count). The van der Waals surface area contributed by atoms with Crippen molar-refractivity contribution in [1.29, 1.82) is 0 Å².